The first-order valence-electron chi connectivity index (χ1n) is 9.16. The topological polar surface area (TPSA) is 66.9 Å². The molecule has 28 heavy (non-hydrogen) atoms. The first kappa shape index (κ1) is 18.7. The molecule has 0 radical (unpaired) electrons. The second-order valence-corrected chi connectivity index (χ2v) is 7.81. The van der Waals surface area contributed by atoms with E-state index in [0.29, 0.717) is 11.4 Å². The maximum Gasteiger partial charge on any atom is 0.261 e. The zero-order chi connectivity index (χ0) is 19.7. The molecule has 1 atom stereocenters. The third-order valence-electron chi connectivity index (χ3n) is 4.88. The summed E-state index contributed by atoms with van der Waals surface area (Å²) >= 11 is 3.35. The van der Waals surface area contributed by atoms with Gasteiger partial charge in [0.1, 0.15) is 11.8 Å². The summed E-state index contributed by atoms with van der Waals surface area (Å²) in [6, 6.07) is 15.3. The molecule has 0 bridgehead atoms. The zero-order valence-corrected chi connectivity index (χ0v) is 16.7. The van der Waals surface area contributed by atoms with Gasteiger partial charge in [-0.15, -0.1) is 0 Å². The number of imide groups is 1. The number of amides is 3. The van der Waals surface area contributed by atoms with Gasteiger partial charge in [0, 0.05) is 10.5 Å². The summed E-state index contributed by atoms with van der Waals surface area (Å²) in [5, 5.41) is 0. The second kappa shape index (κ2) is 7.75. The first-order chi connectivity index (χ1) is 13.5. The van der Waals surface area contributed by atoms with Gasteiger partial charge in [0.15, 0.2) is 6.61 Å². The normalized spacial score (nSPS) is 19.0. The highest BCUT2D eigenvalue weighted by Crippen LogP contribution is 2.34. The molecule has 1 saturated heterocycles. The maximum atomic E-state index is 13.0. The number of benzene rings is 2. The summed E-state index contributed by atoms with van der Waals surface area (Å²) in [5.74, 6) is -0.320. The average Bonchev–Trinajstić information content (AvgIpc) is 3.48. The molecule has 1 unspecified atom stereocenters. The lowest BCUT2D eigenvalue weighted by atomic mass is 10.2. The van der Waals surface area contributed by atoms with Crippen LogP contribution in [0.1, 0.15) is 19.3 Å². The minimum atomic E-state index is -0.768. The number of carbonyl (C=O) groups excluding carboxylic acids is 3. The van der Waals surface area contributed by atoms with Gasteiger partial charge < -0.3 is 9.64 Å². The van der Waals surface area contributed by atoms with E-state index in [2.05, 4.69) is 15.9 Å². The molecule has 2 aromatic rings. The second-order valence-electron chi connectivity index (χ2n) is 6.90. The fourth-order valence-electron chi connectivity index (χ4n) is 3.42. The van der Waals surface area contributed by atoms with Crippen molar-refractivity contribution in [1.82, 2.24) is 4.90 Å². The van der Waals surface area contributed by atoms with E-state index < -0.39 is 6.04 Å². The van der Waals surface area contributed by atoms with Crippen molar-refractivity contribution in [2.45, 2.75) is 31.3 Å². The van der Waals surface area contributed by atoms with E-state index in [1.54, 1.807) is 41.3 Å². The Labute approximate surface area is 171 Å². The summed E-state index contributed by atoms with van der Waals surface area (Å²) in [5.41, 5.74) is 0.518. The monoisotopic (exact) mass is 442 g/mol. The van der Waals surface area contributed by atoms with Gasteiger partial charge in [0.2, 0.25) is 5.91 Å². The van der Waals surface area contributed by atoms with Crippen LogP contribution in [0.5, 0.6) is 5.75 Å². The Hall–Kier alpha value is -2.67. The van der Waals surface area contributed by atoms with Gasteiger partial charge in [-0.05, 0) is 49.2 Å². The van der Waals surface area contributed by atoms with Crippen molar-refractivity contribution in [2.24, 2.45) is 0 Å². The highest BCUT2D eigenvalue weighted by atomic mass is 79.9. The lowest BCUT2D eigenvalue weighted by Gasteiger charge is -2.27. The van der Waals surface area contributed by atoms with Crippen LogP contribution in [0.25, 0.3) is 0 Å². The molecule has 0 aromatic heterocycles. The van der Waals surface area contributed by atoms with Crippen LogP contribution in [-0.2, 0) is 14.4 Å². The van der Waals surface area contributed by atoms with Gasteiger partial charge >= 0.3 is 0 Å². The number of ether oxygens (including phenoxy) is 1. The largest absolute Gasteiger partial charge is 0.484 e. The molecule has 2 aliphatic rings. The molecule has 7 heteroatoms. The number of hydrogen-bond donors (Lipinski definition) is 0. The fourth-order valence-corrected chi connectivity index (χ4v) is 3.68. The molecule has 3 amide bonds. The Balaban J connectivity index is 1.50. The molecule has 2 aromatic carbocycles. The van der Waals surface area contributed by atoms with Crippen molar-refractivity contribution in [2.75, 3.05) is 11.5 Å². The Morgan fingerprint density at radius 1 is 1.07 bits per heavy atom. The van der Waals surface area contributed by atoms with E-state index in [1.807, 2.05) is 18.2 Å². The highest BCUT2D eigenvalue weighted by Gasteiger charge is 2.48. The van der Waals surface area contributed by atoms with Crippen molar-refractivity contribution in [3.05, 3.63) is 59.1 Å². The minimum absolute atomic E-state index is 0.00140. The van der Waals surface area contributed by atoms with Crippen molar-refractivity contribution in [1.29, 1.82) is 0 Å². The zero-order valence-electron chi connectivity index (χ0n) is 15.1. The van der Waals surface area contributed by atoms with Gasteiger partial charge in [-0.1, -0.05) is 34.1 Å². The molecule has 2 fully saturated rings. The number of hydrogen-bond acceptors (Lipinski definition) is 4. The van der Waals surface area contributed by atoms with Crippen molar-refractivity contribution < 1.29 is 19.1 Å². The molecule has 1 saturated carbocycles. The number of para-hydroxylation sites is 1. The van der Waals surface area contributed by atoms with E-state index in [1.165, 1.54) is 4.90 Å². The standard InChI is InChI=1S/C21H19BrN2O4/c22-14-6-8-16(9-7-14)24-19(25)12-18(21(24)27)23(15-10-11-15)20(26)13-28-17-4-2-1-3-5-17/h1-9,15,18H,10-13H2. The van der Waals surface area contributed by atoms with Crippen LogP contribution >= 0.6 is 15.9 Å². The van der Waals surface area contributed by atoms with Gasteiger partial charge in [0.05, 0.1) is 12.1 Å². The Bertz CT molecular complexity index is 896. The van der Waals surface area contributed by atoms with Crippen LogP contribution in [0.15, 0.2) is 59.1 Å². The predicted octanol–water partition coefficient (Wildman–Crippen LogP) is 3.15. The third-order valence-corrected chi connectivity index (χ3v) is 5.41. The van der Waals surface area contributed by atoms with Crippen LogP contribution in [0, 0.1) is 0 Å². The predicted molar refractivity (Wildman–Crippen MR) is 107 cm³/mol. The highest BCUT2D eigenvalue weighted by molar-refractivity contribution is 9.10. The first-order valence-corrected chi connectivity index (χ1v) is 9.95. The van der Waals surface area contributed by atoms with E-state index >= 15 is 0 Å². The molecule has 6 nitrogen and oxygen atoms in total. The molecular formula is C21H19BrN2O4. The van der Waals surface area contributed by atoms with Crippen LogP contribution < -0.4 is 9.64 Å². The van der Waals surface area contributed by atoms with Crippen molar-refractivity contribution >= 4 is 39.3 Å². The Kier molecular flexibility index (Phi) is 5.17. The third kappa shape index (κ3) is 3.80. The fraction of sp³-hybridized carbons (Fsp3) is 0.286. The summed E-state index contributed by atoms with van der Waals surface area (Å²) in [4.78, 5) is 41.1. The molecule has 4 rings (SSSR count). The quantitative estimate of drug-likeness (QED) is 0.644. The van der Waals surface area contributed by atoms with E-state index in [9.17, 15) is 14.4 Å². The summed E-state index contributed by atoms with van der Waals surface area (Å²) < 4.78 is 6.43. The lowest BCUT2D eigenvalue weighted by Crippen LogP contribution is -2.48. The van der Waals surface area contributed by atoms with E-state index in [-0.39, 0.29) is 36.8 Å². The van der Waals surface area contributed by atoms with Gasteiger partial charge in [-0.2, -0.15) is 0 Å². The summed E-state index contributed by atoms with van der Waals surface area (Å²) in [6.45, 7) is -0.156. The van der Waals surface area contributed by atoms with E-state index in [0.717, 1.165) is 17.3 Å². The molecule has 0 N–H and O–H groups in total. The number of halogens is 1. The van der Waals surface area contributed by atoms with Crippen LogP contribution in [0.4, 0.5) is 5.69 Å². The summed E-state index contributed by atoms with van der Waals surface area (Å²) in [7, 11) is 0. The number of carbonyl (C=O) groups is 3. The number of anilines is 1. The van der Waals surface area contributed by atoms with Crippen molar-refractivity contribution in [3.63, 3.8) is 0 Å². The molecule has 0 spiro atoms. The maximum absolute atomic E-state index is 13.0. The molecule has 1 heterocycles. The SMILES string of the molecule is O=C1CC(N(C(=O)COc2ccccc2)C2CC2)C(=O)N1c1ccc(Br)cc1. The number of nitrogens with zero attached hydrogens (tertiary/aromatic N) is 2. The molecule has 144 valence electrons. The van der Waals surface area contributed by atoms with Crippen LogP contribution in [0.3, 0.4) is 0 Å². The van der Waals surface area contributed by atoms with Gasteiger partial charge in [-0.25, -0.2) is 4.90 Å². The minimum Gasteiger partial charge on any atom is -0.484 e. The smallest absolute Gasteiger partial charge is 0.261 e. The Morgan fingerprint density at radius 2 is 1.75 bits per heavy atom. The van der Waals surface area contributed by atoms with E-state index in [4.69, 9.17) is 4.74 Å². The van der Waals surface area contributed by atoms with Gasteiger partial charge in [0.25, 0.3) is 11.8 Å². The molecular weight excluding hydrogens is 424 g/mol. The lowest BCUT2D eigenvalue weighted by molar-refractivity contribution is -0.140. The average molecular weight is 443 g/mol. The van der Waals surface area contributed by atoms with Crippen molar-refractivity contribution in [3.8, 4) is 5.75 Å². The van der Waals surface area contributed by atoms with Gasteiger partial charge in [-0.3, -0.25) is 14.4 Å². The molecule has 1 aliphatic heterocycles. The molecule has 1 aliphatic carbocycles. The van der Waals surface area contributed by atoms with Crippen LogP contribution in [0.2, 0.25) is 0 Å². The number of rotatable bonds is 6. The summed E-state index contributed by atoms with van der Waals surface area (Å²) in [6.07, 6.45) is 1.68. The van der Waals surface area contributed by atoms with Crippen LogP contribution in [-0.4, -0.2) is 41.3 Å². The Morgan fingerprint density at radius 3 is 2.39 bits per heavy atom.